The first-order valence-corrected chi connectivity index (χ1v) is 22.1. The van der Waals surface area contributed by atoms with Crippen LogP contribution in [0.25, 0.3) is 11.1 Å². The molecule has 0 aliphatic carbocycles. The highest BCUT2D eigenvalue weighted by atomic mass is 35.5. The lowest BCUT2D eigenvalue weighted by molar-refractivity contribution is -0.136. The normalized spacial score (nSPS) is 20.3. The molecule has 3 N–H and O–H groups in total. The van der Waals surface area contributed by atoms with Crippen LogP contribution in [-0.4, -0.2) is 106 Å². The Morgan fingerprint density at radius 1 is 0.758 bits per heavy atom. The Labute approximate surface area is 366 Å². The molecule has 4 aromatic carbocycles. The third kappa shape index (κ3) is 8.10. The lowest BCUT2D eigenvalue weighted by Gasteiger charge is -2.47. The molecule has 5 aliphatic heterocycles. The van der Waals surface area contributed by atoms with E-state index in [0.717, 1.165) is 95.7 Å². The lowest BCUT2D eigenvalue weighted by Crippen LogP contribution is -2.54. The molecule has 9 rings (SSSR count). The maximum absolute atomic E-state index is 13.6. The number of fused-ring (bicyclic) bond motifs is 2. The number of likely N-dealkylation sites (tertiary alicyclic amines) is 1. The number of rotatable bonds is 10. The quantitative estimate of drug-likeness (QED) is 0.0903. The van der Waals surface area contributed by atoms with Gasteiger partial charge in [0.25, 0.3) is 11.8 Å². The number of benzene rings is 4. The smallest absolute Gasteiger partial charge is 0.423 e. The van der Waals surface area contributed by atoms with Gasteiger partial charge in [-0.1, -0.05) is 66.7 Å². The fraction of sp³-hybridized carbons (Fsp3) is 0.354. The van der Waals surface area contributed by atoms with Gasteiger partial charge in [-0.15, -0.1) is 11.6 Å². The molecule has 0 bridgehead atoms. The predicted octanol–water partition coefficient (Wildman–Crippen LogP) is 4.58. The molecule has 0 radical (unpaired) electrons. The van der Waals surface area contributed by atoms with Gasteiger partial charge in [0.15, 0.2) is 0 Å². The average Bonchev–Trinajstić information content (AvgIpc) is 3.81. The Balaban J connectivity index is 0.799. The van der Waals surface area contributed by atoms with E-state index in [1.54, 1.807) is 29.2 Å². The summed E-state index contributed by atoms with van der Waals surface area (Å²) in [6.45, 7) is 4.67. The van der Waals surface area contributed by atoms with Crippen LogP contribution in [0.1, 0.15) is 93.5 Å². The minimum Gasteiger partial charge on any atom is -0.423 e. The molecule has 318 valence electrons. The van der Waals surface area contributed by atoms with Crippen LogP contribution in [0.3, 0.4) is 0 Å². The average molecular weight is 854 g/mol. The minimum atomic E-state index is -1.54. The highest BCUT2D eigenvalue weighted by Crippen LogP contribution is 2.43. The molecule has 3 fully saturated rings. The van der Waals surface area contributed by atoms with Gasteiger partial charge in [-0.25, -0.2) is 0 Å². The Bertz CT molecular complexity index is 2400. The first-order valence-electron chi connectivity index (χ1n) is 21.5. The second kappa shape index (κ2) is 17.3. The fourth-order valence-corrected chi connectivity index (χ4v) is 10.3. The van der Waals surface area contributed by atoms with Crippen LogP contribution in [0.5, 0.6) is 0 Å². The second-order valence-corrected chi connectivity index (χ2v) is 17.7. The number of anilines is 1. The molecule has 1 spiro atoms. The molecule has 0 aromatic heterocycles. The van der Waals surface area contributed by atoms with E-state index in [2.05, 4.69) is 51.5 Å². The van der Waals surface area contributed by atoms with Gasteiger partial charge in [-0.05, 0) is 126 Å². The van der Waals surface area contributed by atoms with Gasteiger partial charge in [0.05, 0.1) is 17.7 Å². The molecule has 12 nitrogen and oxygen atoms in total. The molecular weight excluding hydrogens is 805 g/mol. The van der Waals surface area contributed by atoms with E-state index in [-0.39, 0.29) is 35.3 Å². The zero-order chi connectivity index (χ0) is 43.1. The van der Waals surface area contributed by atoms with Gasteiger partial charge < -0.3 is 19.8 Å². The summed E-state index contributed by atoms with van der Waals surface area (Å²) < 4.78 is 0. The SMILES string of the molecule is O=C1CCC(N2C(=O)c3cc4c(cc3C2=O)CN(C(=O)CN2CCC3(CC2)CCN(c2ccc(C(=C(CCCl)c5ccccc5)c5ccc(B(O)O)cc5)cc2)CC3)C4)C(=O)N1. The number of alkyl halides is 1. The Morgan fingerprint density at radius 2 is 1.34 bits per heavy atom. The Hall–Kier alpha value is -5.60. The summed E-state index contributed by atoms with van der Waals surface area (Å²) in [4.78, 5) is 71.9. The fourth-order valence-electron chi connectivity index (χ4n) is 10.1. The third-order valence-electron chi connectivity index (χ3n) is 13.7. The Morgan fingerprint density at radius 3 is 1.90 bits per heavy atom. The first-order chi connectivity index (χ1) is 30.0. The van der Waals surface area contributed by atoms with Crippen LogP contribution in [-0.2, 0) is 27.5 Å². The van der Waals surface area contributed by atoms with Gasteiger partial charge >= 0.3 is 7.12 Å². The summed E-state index contributed by atoms with van der Waals surface area (Å²) in [6.07, 6.45) is 5.09. The number of carbonyl (C=O) groups is 5. The van der Waals surface area contributed by atoms with Gasteiger partial charge in [0.2, 0.25) is 17.7 Å². The lowest BCUT2D eigenvalue weighted by atomic mass is 9.71. The monoisotopic (exact) mass is 853 g/mol. The first kappa shape index (κ1) is 41.7. The number of carbonyl (C=O) groups excluding carboxylic acids is 5. The highest BCUT2D eigenvalue weighted by molar-refractivity contribution is 6.58. The van der Waals surface area contributed by atoms with Gasteiger partial charge in [-0.2, -0.15) is 0 Å². The van der Waals surface area contributed by atoms with Crippen LogP contribution >= 0.6 is 11.6 Å². The van der Waals surface area contributed by atoms with Gasteiger partial charge in [0.1, 0.15) is 6.04 Å². The predicted molar refractivity (Wildman–Crippen MR) is 237 cm³/mol. The summed E-state index contributed by atoms with van der Waals surface area (Å²) in [7, 11) is -1.54. The van der Waals surface area contributed by atoms with Crippen LogP contribution in [0.2, 0.25) is 0 Å². The molecule has 4 aromatic rings. The van der Waals surface area contributed by atoms with Crippen LogP contribution < -0.4 is 15.7 Å². The number of imide groups is 2. The van der Waals surface area contributed by atoms with Crippen molar-refractivity contribution in [1.82, 2.24) is 20.0 Å². The van der Waals surface area contributed by atoms with Crippen LogP contribution in [0.4, 0.5) is 5.69 Å². The molecule has 0 saturated carbocycles. The zero-order valence-electron chi connectivity index (χ0n) is 34.5. The minimum absolute atomic E-state index is 0.0240. The number of nitrogens with one attached hydrogen (secondary N) is 1. The van der Waals surface area contributed by atoms with E-state index in [1.165, 1.54) is 5.69 Å². The third-order valence-corrected chi connectivity index (χ3v) is 13.9. The molecule has 5 amide bonds. The molecular formula is C48H49BClN5O7. The maximum atomic E-state index is 13.6. The van der Waals surface area contributed by atoms with Crippen molar-refractivity contribution in [2.75, 3.05) is 43.5 Å². The van der Waals surface area contributed by atoms with Gasteiger partial charge in [-0.3, -0.25) is 39.1 Å². The summed E-state index contributed by atoms with van der Waals surface area (Å²) in [6, 6.07) is 28.8. The number of halogens is 1. The molecule has 3 saturated heterocycles. The topological polar surface area (TPSA) is 151 Å². The number of nitrogens with zero attached hydrogens (tertiary/aromatic N) is 4. The number of allylic oxidation sites excluding steroid dienone is 1. The van der Waals surface area contributed by atoms with E-state index in [9.17, 15) is 34.0 Å². The van der Waals surface area contributed by atoms with E-state index < -0.39 is 36.8 Å². The summed E-state index contributed by atoms with van der Waals surface area (Å²) in [5.74, 6) is -1.64. The van der Waals surface area contributed by atoms with Crippen molar-refractivity contribution < 1.29 is 34.0 Å². The second-order valence-electron chi connectivity index (χ2n) is 17.3. The molecule has 5 aliphatic rings. The van der Waals surface area contributed by atoms with Crippen molar-refractivity contribution in [1.29, 1.82) is 0 Å². The van der Waals surface area contributed by atoms with Crippen LogP contribution in [0, 0.1) is 5.41 Å². The number of hydrogen-bond donors (Lipinski definition) is 3. The number of piperidine rings is 3. The van der Waals surface area contributed by atoms with Crippen molar-refractivity contribution in [2.24, 2.45) is 5.41 Å². The van der Waals surface area contributed by atoms with Crippen LogP contribution in [0.15, 0.2) is 91.0 Å². The van der Waals surface area contributed by atoms with Crippen molar-refractivity contribution in [3.8, 4) is 0 Å². The van der Waals surface area contributed by atoms with Crippen molar-refractivity contribution in [3.63, 3.8) is 0 Å². The molecule has 5 heterocycles. The molecule has 1 unspecified atom stereocenters. The maximum Gasteiger partial charge on any atom is 0.488 e. The van der Waals surface area contributed by atoms with E-state index >= 15 is 0 Å². The summed E-state index contributed by atoms with van der Waals surface area (Å²) in [5, 5.41) is 21.7. The largest absolute Gasteiger partial charge is 0.488 e. The molecule has 14 heteroatoms. The standard InChI is InChI=1S/C48H49BClN5O7/c50-21-16-38(31-4-2-1-3-5-31)44(32-6-10-36(11-7-32)49(61)62)33-8-12-37(13-9-33)53-24-19-48(20-25-53)17-22-52(23-18-48)30-43(57)54-28-34-26-39-40(27-35(34)29-54)47(60)55(46(39)59)41-14-15-42(56)51-45(41)58/h1-13,26-27,41,61-62H,14-25,28-30H2,(H,51,56,58). The zero-order valence-corrected chi connectivity index (χ0v) is 35.3. The molecule has 1 atom stereocenters. The van der Waals surface area contributed by atoms with Gasteiger partial charge in [0, 0.05) is 44.2 Å². The summed E-state index contributed by atoms with van der Waals surface area (Å²) >= 11 is 6.38. The number of amides is 5. The summed E-state index contributed by atoms with van der Waals surface area (Å²) in [5.41, 5.74) is 9.34. The highest BCUT2D eigenvalue weighted by Gasteiger charge is 2.46. The van der Waals surface area contributed by atoms with Crippen molar-refractivity contribution in [3.05, 3.63) is 130 Å². The van der Waals surface area contributed by atoms with Crippen molar-refractivity contribution in [2.45, 2.75) is 64.1 Å². The Kier molecular flexibility index (Phi) is 11.6. The number of hydrogen-bond acceptors (Lipinski definition) is 9. The molecule has 62 heavy (non-hydrogen) atoms. The van der Waals surface area contributed by atoms with E-state index in [0.29, 0.717) is 37.4 Å². The van der Waals surface area contributed by atoms with E-state index in [1.807, 2.05) is 30.3 Å². The van der Waals surface area contributed by atoms with Crippen molar-refractivity contribution >= 4 is 70.6 Å². The van der Waals surface area contributed by atoms with E-state index in [4.69, 9.17) is 11.6 Å².